The van der Waals surface area contributed by atoms with Gasteiger partial charge in [-0.2, -0.15) is 6.42 Å². The van der Waals surface area contributed by atoms with Gasteiger partial charge in [0, 0.05) is 16.5 Å². The Morgan fingerprint density at radius 1 is 1.00 bits per heavy atom. The molecule has 0 saturated carbocycles. The van der Waals surface area contributed by atoms with E-state index in [2.05, 4.69) is 13.8 Å². The Kier molecular flexibility index (Phi) is 478. The molecule has 0 saturated heterocycles. The number of hydrogen-bond donors (Lipinski definition) is 0. The molecular formula is C8H21Ni-5. The molecule has 0 nitrogen and oxygen atoms in total. The summed E-state index contributed by atoms with van der Waals surface area (Å²) in [6, 6.07) is 0. The van der Waals surface area contributed by atoms with Crippen molar-refractivity contribution in [3.63, 3.8) is 0 Å². The van der Waals surface area contributed by atoms with Gasteiger partial charge in [-0.1, -0.05) is 13.3 Å². The molecule has 1 heteroatoms. The predicted molar refractivity (Wildman–Crippen MR) is 45.9 cm³/mol. The molecule has 0 atom stereocenters. The van der Waals surface area contributed by atoms with E-state index in [1.807, 2.05) is 0 Å². The van der Waals surface area contributed by atoms with Gasteiger partial charge in [0.05, 0.1) is 0 Å². The Balaban J connectivity index is -0.00000000450. The predicted octanol–water partition coefficient (Wildman–Crippen LogP) is 3.42. The molecule has 0 rings (SSSR count). The van der Waals surface area contributed by atoms with Gasteiger partial charge in [-0.3, -0.25) is 0 Å². The minimum atomic E-state index is 0. The van der Waals surface area contributed by atoms with Crippen LogP contribution in [0.5, 0.6) is 0 Å². The van der Waals surface area contributed by atoms with Crippen LogP contribution in [-0.2, 0) is 16.5 Å². The first kappa shape index (κ1) is 56.1. The molecule has 0 aliphatic rings. The molecule has 0 aliphatic heterocycles. The van der Waals surface area contributed by atoms with Gasteiger partial charge >= 0.3 is 0 Å². The molecule has 0 N–H and O–H groups in total. The van der Waals surface area contributed by atoms with Gasteiger partial charge in [0.25, 0.3) is 0 Å². The van der Waals surface area contributed by atoms with E-state index in [-0.39, 0.29) is 46.2 Å². The van der Waals surface area contributed by atoms with Crippen LogP contribution < -0.4 is 0 Å². The Bertz CT molecular complexity index is 6.53. The number of hydrogen-bond acceptors (Lipinski definition) is 0. The Morgan fingerprint density at radius 3 is 1.11 bits per heavy atom. The molecule has 0 fully saturated rings. The van der Waals surface area contributed by atoms with E-state index in [9.17, 15) is 0 Å². The second-order valence-corrected chi connectivity index (χ2v) is 0.854. The van der Waals surface area contributed by atoms with Crippen molar-refractivity contribution in [3.8, 4) is 0 Å². The van der Waals surface area contributed by atoms with Crippen LogP contribution in [0.2, 0.25) is 0 Å². The number of unbranched alkanes of at least 4 members (excludes halogenated alkanes) is 1. The van der Waals surface area contributed by atoms with Crippen LogP contribution in [-0.4, -0.2) is 0 Å². The smallest absolute Gasteiger partial charge is 0 e. The van der Waals surface area contributed by atoms with Gasteiger partial charge in [-0.05, 0) is 0 Å². The third-order valence-electron chi connectivity index (χ3n) is 0.354. The number of rotatable bonds is 1. The summed E-state index contributed by atoms with van der Waals surface area (Å²) in [5.41, 5.74) is 0. The van der Waals surface area contributed by atoms with Crippen molar-refractivity contribution in [2.24, 2.45) is 0 Å². The SMILES string of the molecule is [CH2-]CCC.[CH3-].[CH3-].[CH3-].[CH3-].[Ni]. The molecule has 0 spiro atoms. The van der Waals surface area contributed by atoms with Crippen molar-refractivity contribution in [1.82, 2.24) is 0 Å². The topological polar surface area (TPSA) is 0 Å². The van der Waals surface area contributed by atoms with Crippen molar-refractivity contribution in [3.05, 3.63) is 36.6 Å². The molecule has 0 heterocycles. The van der Waals surface area contributed by atoms with Crippen LogP contribution in [0.15, 0.2) is 0 Å². The Hall–Kier alpha value is 0.494. The zero-order valence-corrected chi connectivity index (χ0v) is 8.43. The first-order valence-electron chi connectivity index (χ1n) is 1.71. The van der Waals surface area contributed by atoms with Gasteiger partial charge in [0.1, 0.15) is 0 Å². The summed E-state index contributed by atoms with van der Waals surface area (Å²) in [4.78, 5) is 0. The van der Waals surface area contributed by atoms with Gasteiger partial charge in [-0.25, -0.2) is 0 Å². The summed E-state index contributed by atoms with van der Waals surface area (Å²) in [5, 5.41) is 0. The van der Waals surface area contributed by atoms with Crippen LogP contribution in [0.4, 0.5) is 0 Å². The first-order valence-corrected chi connectivity index (χ1v) is 1.71. The van der Waals surface area contributed by atoms with Crippen molar-refractivity contribution < 1.29 is 16.5 Å². The van der Waals surface area contributed by atoms with Crippen molar-refractivity contribution in [2.75, 3.05) is 0 Å². The van der Waals surface area contributed by atoms with Crippen molar-refractivity contribution in [1.29, 1.82) is 0 Å². The summed E-state index contributed by atoms with van der Waals surface area (Å²) in [7, 11) is 0. The Morgan fingerprint density at radius 2 is 1.11 bits per heavy atom. The van der Waals surface area contributed by atoms with Crippen LogP contribution >= 0.6 is 0 Å². The maximum atomic E-state index is 3.60. The molecular weight excluding hydrogens is 155 g/mol. The van der Waals surface area contributed by atoms with Gasteiger partial charge in [0.15, 0.2) is 0 Å². The fourth-order valence-electron chi connectivity index (χ4n) is 0. The standard InChI is InChI=1S/C4H9.4CH3.Ni/c1-3-4-2;;;;;/h1,3-4H2,2H3;4*1H3;/q5*-1;. The van der Waals surface area contributed by atoms with E-state index in [4.69, 9.17) is 0 Å². The summed E-state index contributed by atoms with van der Waals surface area (Å²) in [5.74, 6) is 0. The van der Waals surface area contributed by atoms with E-state index in [1.165, 1.54) is 6.42 Å². The quantitative estimate of drug-likeness (QED) is 0.424. The molecule has 0 aromatic rings. The van der Waals surface area contributed by atoms with Crippen molar-refractivity contribution >= 4 is 0 Å². The normalized spacial score (nSPS) is 3.33. The first-order chi connectivity index (χ1) is 1.91. The van der Waals surface area contributed by atoms with E-state index >= 15 is 0 Å². The maximum absolute atomic E-state index is 3.60. The molecule has 0 amide bonds. The fraction of sp³-hybridized carbons (Fsp3) is 0.375. The van der Waals surface area contributed by atoms with E-state index < -0.39 is 0 Å². The molecule has 68 valence electrons. The minimum Gasteiger partial charge on any atom is -0.358 e. The largest absolute Gasteiger partial charge is 0.358 e. The second-order valence-electron chi connectivity index (χ2n) is 0.854. The molecule has 0 aromatic carbocycles. The zero-order chi connectivity index (χ0) is 3.41. The van der Waals surface area contributed by atoms with Crippen molar-refractivity contribution in [2.45, 2.75) is 19.8 Å². The summed E-state index contributed by atoms with van der Waals surface area (Å²) >= 11 is 0. The second kappa shape index (κ2) is 76.7. The minimum absolute atomic E-state index is 0. The van der Waals surface area contributed by atoms with E-state index in [0.717, 1.165) is 6.42 Å². The van der Waals surface area contributed by atoms with Gasteiger partial charge in [-0.15, -0.1) is 0 Å². The Labute approximate surface area is 73.4 Å². The molecule has 0 aromatic heterocycles. The van der Waals surface area contributed by atoms with Crippen LogP contribution in [0.1, 0.15) is 19.8 Å². The van der Waals surface area contributed by atoms with Gasteiger partial charge < -0.3 is 36.6 Å². The van der Waals surface area contributed by atoms with Crippen LogP contribution in [0.3, 0.4) is 0 Å². The summed E-state index contributed by atoms with van der Waals surface area (Å²) in [6.07, 6.45) is 2.28. The average Bonchev–Trinajstić information content (AvgIpc) is 1.37. The molecule has 0 unspecified atom stereocenters. The van der Waals surface area contributed by atoms with Gasteiger partial charge in [0.2, 0.25) is 0 Å². The fourth-order valence-corrected chi connectivity index (χ4v) is 0. The maximum Gasteiger partial charge on any atom is 0 e. The van der Waals surface area contributed by atoms with Crippen LogP contribution in [0.25, 0.3) is 0 Å². The zero-order valence-electron chi connectivity index (χ0n) is 7.44. The molecule has 0 bridgehead atoms. The monoisotopic (exact) mass is 175 g/mol. The summed E-state index contributed by atoms with van der Waals surface area (Å²) < 4.78 is 0. The molecule has 0 aliphatic carbocycles. The average molecular weight is 176 g/mol. The summed E-state index contributed by atoms with van der Waals surface area (Å²) in [6.45, 7) is 5.72. The third kappa shape index (κ3) is 161. The molecule has 0 radical (unpaired) electrons. The van der Waals surface area contributed by atoms with Crippen LogP contribution in [0, 0.1) is 36.6 Å². The van der Waals surface area contributed by atoms with E-state index in [0.29, 0.717) is 0 Å². The third-order valence-corrected chi connectivity index (χ3v) is 0.354. The molecule has 9 heavy (non-hydrogen) atoms. The van der Waals surface area contributed by atoms with E-state index in [1.54, 1.807) is 0 Å².